The number of rotatable bonds is 5. The van der Waals surface area contributed by atoms with Crippen LogP contribution in [0.15, 0.2) is 35.4 Å². The van der Waals surface area contributed by atoms with Gasteiger partial charge in [0, 0.05) is 24.3 Å². The first-order chi connectivity index (χ1) is 15.5. The first kappa shape index (κ1) is 20.1. The van der Waals surface area contributed by atoms with E-state index in [1.807, 2.05) is 24.3 Å². The van der Waals surface area contributed by atoms with Gasteiger partial charge in [-0.3, -0.25) is 14.5 Å². The summed E-state index contributed by atoms with van der Waals surface area (Å²) in [4.78, 5) is 40.9. The smallest absolute Gasteiger partial charge is 0.327 e. The second kappa shape index (κ2) is 8.00. The number of carbonyl (C=O) groups excluding carboxylic acids is 1. The lowest BCUT2D eigenvalue weighted by Gasteiger charge is -2.28. The van der Waals surface area contributed by atoms with E-state index in [0.717, 1.165) is 31.2 Å². The molecule has 1 saturated carbocycles. The van der Waals surface area contributed by atoms with Crippen LogP contribution in [0.25, 0.3) is 33.9 Å². The molecule has 1 aromatic carbocycles. The fourth-order valence-corrected chi connectivity index (χ4v) is 4.30. The molecule has 1 aliphatic carbocycles. The molecule has 0 bridgehead atoms. The van der Waals surface area contributed by atoms with E-state index < -0.39 is 5.91 Å². The predicted molar refractivity (Wildman–Crippen MR) is 116 cm³/mol. The zero-order chi connectivity index (χ0) is 22.2. The Morgan fingerprint density at radius 1 is 1.09 bits per heavy atom. The largest absolute Gasteiger partial charge is 0.381 e. The predicted octanol–water partition coefficient (Wildman–Crippen LogP) is 1.80. The SMILES string of the molecule is CO[C@H]1CC[C@@H](n2c(=O)[nH]c3c(C(N)=O)nc(-c4ccc(-c5nc[nH]n5)cc4)nc32)CC1. The fourth-order valence-electron chi connectivity index (χ4n) is 4.30. The third-order valence-corrected chi connectivity index (χ3v) is 5.96. The summed E-state index contributed by atoms with van der Waals surface area (Å²) in [7, 11) is 1.70. The number of nitrogens with two attached hydrogens (primary N) is 1. The molecule has 0 radical (unpaired) electrons. The van der Waals surface area contributed by atoms with Gasteiger partial charge in [0.1, 0.15) is 11.8 Å². The number of H-pyrrole nitrogens is 2. The molecule has 1 fully saturated rings. The van der Waals surface area contributed by atoms with Gasteiger partial charge in [-0.1, -0.05) is 24.3 Å². The van der Waals surface area contributed by atoms with Crippen LogP contribution in [-0.4, -0.2) is 53.8 Å². The molecular weight excluding hydrogens is 412 g/mol. The highest BCUT2D eigenvalue weighted by Gasteiger charge is 2.27. The number of hydrogen-bond acceptors (Lipinski definition) is 7. The van der Waals surface area contributed by atoms with Gasteiger partial charge >= 0.3 is 5.69 Å². The third-order valence-electron chi connectivity index (χ3n) is 5.96. The van der Waals surface area contributed by atoms with E-state index >= 15 is 0 Å². The van der Waals surface area contributed by atoms with Crippen molar-refractivity contribution in [1.29, 1.82) is 0 Å². The lowest BCUT2D eigenvalue weighted by Crippen LogP contribution is -2.28. The van der Waals surface area contributed by atoms with Gasteiger partial charge in [-0.2, -0.15) is 5.10 Å². The first-order valence-corrected chi connectivity index (χ1v) is 10.4. The highest BCUT2D eigenvalue weighted by Crippen LogP contribution is 2.31. The second-order valence-electron chi connectivity index (χ2n) is 7.83. The molecule has 11 nitrogen and oxygen atoms in total. The van der Waals surface area contributed by atoms with Crippen LogP contribution >= 0.6 is 0 Å². The number of ether oxygens (including phenoxy) is 1. The van der Waals surface area contributed by atoms with Crippen molar-refractivity contribution in [3.8, 4) is 22.8 Å². The average molecular weight is 434 g/mol. The summed E-state index contributed by atoms with van der Waals surface area (Å²) >= 11 is 0. The number of methoxy groups -OCH3 is 1. The van der Waals surface area contributed by atoms with Crippen molar-refractivity contribution in [3.63, 3.8) is 0 Å². The average Bonchev–Trinajstić information content (AvgIpc) is 3.46. The van der Waals surface area contributed by atoms with Crippen LogP contribution in [0.5, 0.6) is 0 Å². The minimum atomic E-state index is -0.729. The van der Waals surface area contributed by atoms with Gasteiger partial charge in [-0.15, -0.1) is 0 Å². The Kier molecular flexibility index (Phi) is 5.02. The molecule has 4 N–H and O–H groups in total. The number of imidazole rings is 1. The normalized spacial score (nSPS) is 18.8. The number of nitrogens with one attached hydrogen (secondary N) is 2. The van der Waals surface area contributed by atoms with Crippen LogP contribution in [0.1, 0.15) is 42.2 Å². The van der Waals surface area contributed by atoms with Crippen molar-refractivity contribution in [2.75, 3.05) is 7.11 Å². The van der Waals surface area contributed by atoms with E-state index in [-0.39, 0.29) is 29.0 Å². The highest BCUT2D eigenvalue weighted by atomic mass is 16.5. The standard InChI is InChI=1S/C21H22N8O3/c1-32-14-8-6-13(7-9-14)29-20-16(26-21(29)31)15(17(22)30)25-19(27-20)12-4-2-11(3-5-12)18-23-10-24-28-18/h2-5,10,13-14H,6-9H2,1H3,(H2,22,30)(H,26,31)(H,23,24,28)/t13-,14+. The minimum Gasteiger partial charge on any atom is -0.381 e. The molecule has 0 aliphatic heterocycles. The van der Waals surface area contributed by atoms with Crippen molar-refractivity contribution in [1.82, 2.24) is 34.7 Å². The molecule has 0 spiro atoms. The van der Waals surface area contributed by atoms with Crippen molar-refractivity contribution in [3.05, 3.63) is 46.8 Å². The van der Waals surface area contributed by atoms with Gasteiger partial charge in [0.05, 0.1) is 6.10 Å². The van der Waals surface area contributed by atoms with E-state index in [1.54, 1.807) is 11.7 Å². The van der Waals surface area contributed by atoms with Gasteiger partial charge in [0.2, 0.25) is 0 Å². The third kappa shape index (κ3) is 3.46. The topological polar surface area (TPSA) is 157 Å². The number of carbonyl (C=O) groups is 1. The van der Waals surface area contributed by atoms with E-state index in [4.69, 9.17) is 10.5 Å². The van der Waals surface area contributed by atoms with Crippen LogP contribution in [0.2, 0.25) is 0 Å². The van der Waals surface area contributed by atoms with Gasteiger partial charge in [-0.25, -0.2) is 19.7 Å². The lowest BCUT2D eigenvalue weighted by atomic mass is 9.93. The van der Waals surface area contributed by atoms with Crippen molar-refractivity contribution in [2.45, 2.75) is 37.8 Å². The molecule has 1 aliphatic rings. The maximum Gasteiger partial charge on any atom is 0.327 e. The Morgan fingerprint density at radius 3 is 2.38 bits per heavy atom. The number of aromatic amines is 2. The minimum absolute atomic E-state index is 0.00975. The summed E-state index contributed by atoms with van der Waals surface area (Å²) in [6.07, 6.45) is 4.96. The summed E-state index contributed by atoms with van der Waals surface area (Å²) in [6.45, 7) is 0. The van der Waals surface area contributed by atoms with Crippen LogP contribution in [0.4, 0.5) is 0 Å². The Hall–Kier alpha value is -3.86. The number of fused-ring (bicyclic) bond motifs is 1. The van der Waals surface area contributed by atoms with Gasteiger partial charge in [0.15, 0.2) is 23.0 Å². The van der Waals surface area contributed by atoms with Crippen LogP contribution < -0.4 is 11.4 Å². The second-order valence-corrected chi connectivity index (χ2v) is 7.83. The van der Waals surface area contributed by atoms with E-state index in [1.165, 1.54) is 6.33 Å². The molecule has 3 heterocycles. The number of primary amides is 1. The molecule has 0 atom stereocenters. The highest BCUT2D eigenvalue weighted by molar-refractivity contribution is 6.01. The summed E-state index contributed by atoms with van der Waals surface area (Å²) in [5, 5.41) is 6.74. The number of hydrogen-bond donors (Lipinski definition) is 3. The Morgan fingerprint density at radius 2 is 1.78 bits per heavy atom. The maximum atomic E-state index is 12.8. The Labute approximate surface area is 182 Å². The lowest BCUT2D eigenvalue weighted by molar-refractivity contribution is 0.0585. The van der Waals surface area contributed by atoms with E-state index in [2.05, 4.69) is 30.1 Å². The van der Waals surface area contributed by atoms with Crippen LogP contribution in [-0.2, 0) is 4.74 Å². The summed E-state index contributed by atoms with van der Waals surface area (Å²) in [5.41, 5.74) is 7.40. The molecular formula is C21H22N8O3. The maximum absolute atomic E-state index is 12.8. The zero-order valence-electron chi connectivity index (χ0n) is 17.4. The van der Waals surface area contributed by atoms with Crippen molar-refractivity contribution in [2.24, 2.45) is 5.73 Å². The van der Waals surface area contributed by atoms with Gasteiger partial charge in [0.25, 0.3) is 5.91 Å². The number of nitrogens with zero attached hydrogens (tertiary/aromatic N) is 5. The Balaban J connectivity index is 1.60. The van der Waals surface area contributed by atoms with Gasteiger partial charge < -0.3 is 15.5 Å². The number of benzene rings is 1. The molecule has 0 saturated heterocycles. The number of amides is 1. The summed E-state index contributed by atoms with van der Waals surface area (Å²) in [5.74, 6) is 0.149. The molecule has 32 heavy (non-hydrogen) atoms. The van der Waals surface area contributed by atoms with Crippen molar-refractivity contribution < 1.29 is 9.53 Å². The summed E-state index contributed by atoms with van der Waals surface area (Å²) < 4.78 is 7.07. The fraction of sp³-hybridized carbons (Fsp3) is 0.333. The summed E-state index contributed by atoms with van der Waals surface area (Å²) in [6, 6.07) is 7.27. The van der Waals surface area contributed by atoms with Crippen LogP contribution in [0, 0.1) is 0 Å². The molecule has 5 rings (SSSR count). The molecule has 11 heteroatoms. The van der Waals surface area contributed by atoms with Gasteiger partial charge in [-0.05, 0) is 25.7 Å². The zero-order valence-corrected chi connectivity index (χ0v) is 17.4. The number of aromatic nitrogens is 7. The first-order valence-electron chi connectivity index (χ1n) is 10.4. The molecule has 164 valence electrons. The molecule has 4 aromatic rings. The Bertz CT molecular complexity index is 1320. The van der Waals surface area contributed by atoms with Crippen molar-refractivity contribution >= 4 is 17.1 Å². The molecule has 0 unspecified atom stereocenters. The molecule has 1 amide bonds. The van der Waals surface area contributed by atoms with Crippen LogP contribution in [0.3, 0.4) is 0 Å². The quantitative estimate of drug-likeness (QED) is 0.432. The van der Waals surface area contributed by atoms with E-state index in [0.29, 0.717) is 22.9 Å². The van der Waals surface area contributed by atoms with E-state index in [9.17, 15) is 9.59 Å². The monoisotopic (exact) mass is 434 g/mol. The molecule has 3 aromatic heterocycles.